The monoisotopic (exact) mass is 599 g/mol. The second-order valence-corrected chi connectivity index (χ2v) is 11.2. The maximum atomic E-state index is 4.81. The van der Waals surface area contributed by atoms with Crippen LogP contribution in [0.3, 0.4) is 0 Å². The molecule has 0 saturated carbocycles. The molecule has 0 spiro atoms. The number of hydrogen-bond donors (Lipinski definition) is 0. The molecule has 0 aromatic heterocycles. The normalized spacial score (nSPS) is 13.4. The molecule has 196 valence electrons. The van der Waals surface area contributed by atoms with E-state index < -0.39 is 0 Å². The van der Waals surface area contributed by atoms with E-state index >= 15 is 0 Å². The number of hydrogen-bond acceptors (Lipinski definition) is 3. The Kier molecular flexibility index (Phi) is 8.04. The van der Waals surface area contributed by atoms with E-state index in [9.17, 15) is 0 Å². The molecule has 0 saturated heterocycles. The Morgan fingerprint density at radius 2 is 1.02 bits per heavy atom. The topological polar surface area (TPSA) is 37.1 Å². The van der Waals surface area contributed by atoms with E-state index in [4.69, 9.17) is 35.2 Å². The van der Waals surface area contributed by atoms with E-state index in [1.165, 1.54) is 32.3 Å². The first-order chi connectivity index (χ1) is 19.7. The SMILES string of the molecule is C(=Nc1cccc2cc3ccccc3cc12)C1=CCC(C=Nc2cccc3cc4ccccc4cc23)=N1.[Cl][Fe][Cl]. The summed E-state index contributed by atoms with van der Waals surface area (Å²) in [6.45, 7) is 0. The summed E-state index contributed by atoms with van der Waals surface area (Å²) >= 11 is 0.194. The fourth-order valence-electron chi connectivity index (χ4n) is 5.03. The van der Waals surface area contributed by atoms with Crippen LogP contribution < -0.4 is 0 Å². The van der Waals surface area contributed by atoms with Crippen LogP contribution in [0.25, 0.3) is 43.1 Å². The van der Waals surface area contributed by atoms with E-state index in [0.29, 0.717) is 0 Å². The third-order valence-corrected chi connectivity index (χ3v) is 6.93. The van der Waals surface area contributed by atoms with Crippen LogP contribution in [-0.4, -0.2) is 18.1 Å². The van der Waals surface area contributed by atoms with Crippen molar-refractivity contribution in [2.75, 3.05) is 0 Å². The number of allylic oxidation sites excluding steroid dienone is 2. The molecule has 0 amide bonds. The van der Waals surface area contributed by atoms with Crippen molar-refractivity contribution in [2.24, 2.45) is 15.0 Å². The summed E-state index contributed by atoms with van der Waals surface area (Å²) in [6.07, 6.45) is 6.58. The molecule has 1 heterocycles. The van der Waals surface area contributed by atoms with Crippen molar-refractivity contribution in [3.05, 3.63) is 121 Å². The Morgan fingerprint density at radius 1 is 0.575 bits per heavy atom. The van der Waals surface area contributed by atoms with Crippen LogP contribution in [0.4, 0.5) is 11.4 Å². The van der Waals surface area contributed by atoms with E-state index in [-0.39, 0.29) is 13.1 Å². The third kappa shape index (κ3) is 5.72. The summed E-state index contributed by atoms with van der Waals surface area (Å²) in [5.74, 6) is 0. The van der Waals surface area contributed by atoms with Gasteiger partial charge in [-0.2, -0.15) is 0 Å². The van der Waals surface area contributed by atoms with Crippen molar-refractivity contribution in [2.45, 2.75) is 6.42 Å². The van der Waals surface area contributed by atoms with Crippen molar-refractivity contribution >= 4 is 92.8 Å². The van der Waals surface area contributed by atoms with E-state index in [2.05, 4.69) is 115 Å². The molecule has 1 aliphatic heterocycles. The standard InChI is InChI=1S/C34H23N3.2ClH.Fe/c1-3-9-25-19-31-27(17-23(25)7-1)11-5-13-33(31)35-21-29-15-16-30(37-29)22-36-34-14-6-12-28-18-24-8-2-4-10-26(24)20-32(28)34;;;/h1-15,17-22H,16H2;2*1H;/q;;;+2/p-2. The van der Waals surface area contributed by atoms with Gasteiger partial charge >= 0.3 is 33.3 Å². The number of aliphatic imine (C=N–C) groups is 3. The van der Waals surface area contributed by atoms with Crippen LogP contribution >= 0.6 is 20.2 Å². The van der Waals surface area contributed by atoms with Gasteiger partial charge < -0.3 is 0 Å². The van der Waals surface area contributed by atoms with Crippen molar-refractivity contribution in [1.29, 1.82) is 0 Å². The molecule has 0 bridgehead atoms. The second-order valence-electron chi connectivity index (χ2n) is 9.40. The predicted octanol–water partition coefficient (Wildman–Crippen LogP) is 10.5. The van der Waals surface area contributed by atoms with Crippen LogP contribution in [-0.2, 0) is 13.1 Å². The average Bonchev–Trinajstić information content (AvgIpc) is 3.45. The molecule has 1 aliphatic rings. The third-order valence-electron chi connectivity index (χ3n) is 6.93. The van der Waals surface area contributed by atoms with Crippen LogP contribution in [0.5, 0.6) is 0 Å². The Bertz CT molecular complexity index is 1990. The van der Waals surface area contributed by atoms with Crippen molar-refractivity contribution in [1.82, 2.24) is 0 Å². The van der Waals surface area contributed by atoms with E-state index in [0.717, 1.165) is 40.0 Å². The molecule has 0 aliphatic carbocycles. The molecular formula is C34H23Cl2FeN3. The van der Waals surface area contributed by atoms with Crippen LogP contribution in [0.1, 0.15) is 6.42 Å². The summed E-state index contributed by atoms with van der Waals surface area (Å²) in [4.78, 5) is 14.4. The summed E-state index contributed by atoms with van der Waals surface area (Å²) in [6, 6.07) is 38.3. The minimum absolute atomic E-state index is 0.194. The minimum atomic E-state index is 0.194. The van der Waals surface area contributed by atoms with E-state index in [1.54, 1.807) is 0 Å². The molecule has 6 aromatic rings. The number of rotatable bonds is 4. The molecule has 0 fully saturated rings. The number of fused-ring (bicyclic) bond motifs is 4. The predicted molar refractivity (Wildman–Crippen MR) is 171 cm³/mol. The molecular weight excluding hydrogens is 577 g/mol. The van der Waals surface area contributed by atoms with Gasteiger partial charge in [-0.25, -0.2) is 0 Å². The van der Waals surface area contributed by atoms with Gasteiger partial charge in [-0.05, 0) is 68.7 Å². The van der Waals surface area contributed by atoms with Crippen LogP contribution in [0.15, 0.2) is 136 Å². The Morgan fingerprint density at radius 3 is 1.55 bits per heavy atom. The van der Waals surface area contributed by atoms with Crippen molar-refractivity contribution in [3.63, 3.8) is 0 Å². The Labute approximate surface area is 247 Å². The molecule has 6 heteroatoms. The van der Waals surface area contributed by atoms with Crippen LogP contribution in [0.2, 0.25) is 0 Å². The fourth-order valence-corrected chi connectivity index (χ4v) is 5.03. The van der Waals surface area contributed by atoms with Gasteiger partial charge in [-0.1, -0.05) is 78.9 Å². The zero-order chi connectivity index (χ0) is 27.3. The molecule has 3 nitrogen and oxygen atoms in total. The van der Waals surface area contributed by atoms with Gasteiger partial charge in [0, 0.05) is 23.4 Å². The van der Waals surface area contributed by atoms with Gasteiger partial charge in [0.1, 0.15) is 0 Å². The number of halogens is 2. The van der Waals surface area contributed by atoms with Gasteiger partial charge in [0.25, 0.3) is 0 Å². The molecule has 7 rings (SSSR count). The molecule has 0 N–H and O–H groups in total. The summed E-state index contributed by atoms with van der Waals surface area (Å²) < 4.78 is 0. The molecule has 0 atom stereocenters. The van der Waals surface area contributed by atoms with Gasteiger partial charge in [-0.15, -0.1) is 0 Å². The van der Waals surface area contributed by atoms with Gasteiger partial charge in [0.15, 0.2) is 0 Å². The van der Waals surface area contributed by atoms with E-state index in [1.807, 2.05) is 12.4 Å². The summed E-state index contributed by atoms with van der Waals surface area (Å²) in [7, 11) is 9.53. The average molecular weight is 600 g/mol. The fraction of sp³-hybridized carbons (Fsp3) is 0.0294. The maximum absolute atomic E-state index is 4.81. The second kappa shape index (κ2) is 12.2. The molecule has 0 radical (unpaired) electrons. The first-order valence-electron chi connectivity index (χ1n) is 12.8. The molecule has 6 aromatic carbocycles. The molecule has 0 unspecified atom stereocenters. The van der Waals surface area contributed by atoms with Gasteiger partial charge in [0.05, 0.1) is 29.0 Å². The summed E-state index contributed by atoms with van der Waals surface area (Å²) in [5.41, 5.74) is 3.70. The summed E-state index contributed by atoms with van der Waals surface area (Å²) in [5, 5.41) is 9.59. The zero-order valence-corrected chi connectivity index (χ0v) is 23.9. The Balaban J connectivity index is 0.000000925. The van der Waals surface area contributed by atoms with Crippen molar-refractivity contribution in [3.8, 4) is 0 Å². The number of nitrogens with zero attached hydrogens (tertiary/aromatic N) is 3. The zero-order valence-electron chi connectivity index (χ0n) is 21.3. The molecule has 40 heavy (non-hydrogen) atoms. The number of benzene rings is 6. The van der Waals surface area contributed by atoms with Gasteiger partial charge in [-0.3, -0.25) is 15.0 Å². The van der Waals surface area contributed by atoms with Crippen LogP contribution in [0, 0.1) is 0 Å². The van der Waals surface area contributed by atoms with Crippen molar-refractivity contribution < 1.29 is 13.1 Å². The quantitative estimate of drug-likeness (QED) is 0.110. The first-order valence-corrected chi connectivity index (χ1v) is 15.8. The Hall–Kier alpha value is -3.79. The first kappa shape index (κ1) is 26.4. The van der Waals surface area contributed by atoms with Gasteiger partial charge in [0.2, 0.25) is 0 Å².